The number of aliphatic hydroxyl groups excluding tert-OH is 1. The van der Waals surface area contributed by atoms with Crippen LogP contribution in [0.2, 0.25) is 0 Å². The van der Waals surface area contributed by atoms with E-state index in [4.69, 9.17) is 4.55 Å². The Morgan fingerprint density at radius 3 is 2.39 bits per heavy atom. The molecule has 0 saturated heterocycles. The minimum Gasteiger partial charge on any atom is -0.505 e. The molecule has 96 valence electrons. The third-order valence-corrected chi connectivity index (χ3v) is 3.65. The summed E-state index contributed by atoms with van der Waals surface area (Å²) >= 11 is 0. The third-order valence-electron chi connectivity index (χ3n) is 2.75. The van der Waals surface area contributed by atoms with Crippen LogP contribution in [0.25, 0.3) is 0 Å². The molecule has 1 aliphatic rings. The van der Waals surface area contributed by atoms with E-state index in [1.165, 1.54) is 12.3 Å². The van der Waals surface area contributed by atoms with Gasteiger partial charge in [-0.05, 0) is 11.6 Å². The Bertz CT molecular complexity index is 604. The molecule has 2 rings (SSSR count). The molecule has 1 atom stereocenters. The molecule has 1 unspecified atom stereocenters. The van der Waals surface area contributed by atoms with E-state index in [1.54, 1.807) is 11.9 Å². The minimum absolute atomic E-state index is 0.348. The smallest absolute Gasteiger partial charge is 0.298 e. The van der Waals surface area contributed by atoms with Gasteiger partial charge < -0.3 is 10.0 Å². The average Bonchev–Trinajstić information content (AvgIpc) is 2.28. The number of hydrogen-bond acceptors (Lipinski definition) is 4. The fourth-order valence-electron chi connectivity index (χ4n) is 1.88. The van der Waals surface area contributed by atoms with Crippen molar-refractivity contribution in [2.75, 3.05) is 7.05 Å². The molecule has 1 heterocycles. The Morgan fingerprint density at radius 1 is 1.22 bits per heavy atom. The summed E-state index contributed by atoms with van der Waals surface area (Å²) in [6.07, 6.45) is 2.60. The molecule has 0 radical (unpaired) electrons. The van der Waals surface area contributed by atoms with Crippen LogP contribution in [0.15, 0.2) is 53.3 Å². The summed E-state index contributed by atoms with van der Waals surface area (Å²) in [5.41, 5.74) is 0.866. The molecule has 0 bridgehead atoms. The molecule has 5 nitrogen and oxygen atoms in total. The van der Waals surface area contributed by atoms with Crippen LogP contribution in [0, 0.1) is 0 Å². The quantitative estimate of drug-likeness (QED) is 0.799. The molecule has 6 heteroatoms. The monoisotopic (exact) mass is 267 g/mol. The van der Waals surface area contributed by atoms with Crippen molar-refractivity contribution in [3.63, 3.8) is 0 Å². The van der Waals surface area contributed by atoms with Gasteiger partial charge in [0.2, 0.25) is 0 Å². The molecule has 2 N–H and O–H groups in total. The second-order valence-electron chi connectivity index (χ2n) is 4.04. The SMILES string of the molecule is CN1C=C(O)C(S(=O)(=O)O)=CC1c1ccccc1. The number of rotatable bonds is 2. The molecule has 1 aliphatic heterocycles. The van der Waals surface area contributed by atoms with Crippen molar-refractivity contribution in [2.24, 2.45) is 0 Å². The Kier molecular flexibility index (Phi) is 3.14. The summed E-state index contributed by atoms with van der Waals surface area (Å²) in [6, 6.07) is 8.86. The summed E-state index contributed by atoms with van der Waals surface area (Å²) < 4.78 is 31.3. The first kappa shape index (κ1) is 12.7. The Labute approximate surface area is 105 Å². The lowest BCUT2D eigenvalue weighted by atomic mass is 10.0. The van der Waals surface area contributed by atoms with Crippen molar-refractivity contribution in [3.8, 4) is 0 Å². The zero-order chi connectivity index (χ0) is 13.3. The fourth-order valence-corrected chi connectivity index (χ4v) is 2.50. The fraction of sp³-hybridized carbons (Fsp3) is 0.167. The van der Waals surface area contributed by atoms with E-state index in [-0.39, 0.29) is 6.04 Å². The van der Waals surface area contributed by atoms with Crippen molar-refractivity contribution in [2.45, 2.75) is 6.04 Å². The highest BCUT2D eigenvalue weighted by atomic mass is 32.2. The molecule has 1 aromatic rings. The first-order valence-corrected chi connectivity index (χ1v) is 6.71. The summed E-state index contributed by atoms with van der Waals surface area (Å²) in [5.74, 6) is -0.466. The zero-order valence-electron chi connectivity index (χ0n) is 9.69. The zero-order valence-corrected chi connectivity index (χ0v) is 10.5. The maximum Gasteiger partial charge on any atom is 0.298 e. The van der Waals surface area contributed by atoms with Crippen LogP contribution in [-0.4, -0.2) is 30.0 Å². The second-order valence-corrected chi connectivity index (χ2v) is 5.43. The van der Waals surface area contributed by atoms with Crippen LogP contribution in [0.5, 0.6) is 0 Å². The Morgan fingerprint density at radius 2 is 1.83 bits per heavy atom. The average molecular weight is 267 g/mol. The largest absolute Gasteiger partial charge is 0.505 e. The first-order chi connectivity index (χ1) is 8.39. The molecule has 0 fully saturated rings. The maximum absolute atomic E-state index is 11.1. The van der Waals surface area contributed by atoms with E-state index >= 15 is 0 Å². The van der Waals surface area contributed by atoms with Crippen molar-refractivity contribution in [3.05, 3.63) is 58.8 Å². The topological polar surface area (TPSA) is 77.8 Å². The van der Waals surface area contributed by atoms with E-state index in [9.17, 15) is 13.5 Å². The van der Waals surface area contributed by atoms with Crippen molar-refractivity contribution in [1.29, 1.82) is 0 Å². The number of aliphatic hydroxyl groups is 1. The number of nitrogens with zero attached hydrogens (tertiary/aromatic N) is 1. The number of hydrogen-bond donors (Lipinski definition) is 2. The highest BCUT2D eigenvalue weighted by Crippen LogP contribution is 2.30. The van der Waals surface area contributed by atoms with Crippen LogP contribution in [-0.2, 0) is 10.1 Å². The van der Waals surface area contributed by atoms with E-state index in [0.717, 1.165) is 5.56 Å². The van der Waals surface area contributed by atoms with Crippen molar-refractivity contribution in [1.82, 2.24) is 4.90 Å². The van der Waals surface area contributed by atoms with Gasteiger partial charge in [0.1, 0.15) is 4.91 Å². The second kappa shape index (κ2) is 4.47. The molecule has 0 aliphatic carbocycles. The predicted molar refractivity (Wildman–Crippen MR) is 67.3 cm³/mol. The van der Waals surface area contributed by atoms with Gasteiger partial charge in [0.15, 0.2) is 5.76 Å². The van der Waals surface area contributed by atoms with E-state index in [0.29, 0.717) is 0 Å². The maximum atomic E-state index is 11.1. The van der Waals surface area contributed by atoms with Gasteiger partial charge in [-0.15, -0.1) is 0 Å². The molecule has 0 amide bonds. The normalized spacial score (nSPS) is 20.3. The molecule has 0 saturated carbocycles. The van der Waals surface area contributed by atoms with Crippen LogP contribution in [0.4, 0.5) is 0 Å². The number of likely N-dealkylation sites (N-methyl/N-ethyl adjacent to an activating group) is 1. The lowest BCUT2D eigenvalue weighted by molar-refractivity contribution is 0.336. The van der Waals surface area contributed by atoms with Gasteiger partial charge in [0, 0.05) is 13.2 Å². The first-order valence-electron chi connectivity index (χ1n) is 5.27. The molecule has 1 aromatic carbocycles. The minimum atomic E-state index is -4.42. The highest BCUT2D eigenvalue weighted by Gasteiger charge is 2.27. The van der Waals surface area contributed by atoms with E-state index in [2.05, 4.69) is 0 Å². The van der Waals surface area contributed by atoms with Gasteiger partial charge in [0.05, 0.1) is 6.04 Å². The van der Waals surface area contributed by atoms with Gasteiger partial charge in [-0.2, -0.15) is 8.42 Å². The Balaban J connectivity index is 2.48. The summed E-state index contributed by atoms with van der Waals surface area (Å²) in [6.45, 7) is 0. The number of benzene rings is 1. The summed E-state index contributed by atoms with van der Waals surface area (Å²) in [4.78, 5) is 1.20. The molecular formula is C12H13NO4S. The highest BCUT2D eigenvalue weighted by molar-refractivity contribution is 7.90. The van der Waals surface area contributed by atoms with Crippen LogP contribution in [0.3, 0.4) is 0 Å². The molecule has 18 heavy (non-hydrogen) atoms. The lowest BCUT2D eigenvalue weighted by Gasteiger charge is -2.28. The molecule has 0 spiro atoms. The van der Waals surface area contributed by atoms with Gasteiger partial charge in [0.25, 0.3) is 10.1 Å². The molecular weight excluding hydrogens is 254 g/mol. The predicted octanol–water partition coefficient (Wildman–Crippen LogP) is 1.84. The Hall–Kier alpha value is -1.79. The van der Waals surface area contributed by atoms with Crippen LogP contribution >= 0.6 is 0 Å². The van der Waals surface area contributed by atoms with Crippen LogP contribution in [0.1, 0.15) is 11.6 Å². The summed E-state index contributed by atoms with van der Waals surface area (Å²) in [7, 11) is -2.71. The van der Waals surface area contributed by atoms with Gasteiger partial charge >= 0.3 is 0 Å². The van der Waals surface area contributed by atoms with E-state index in [1.807, 2.05) is 30.3 Å². The van der Waals surface area contributed by atoms with Crippen LogP contribution < -0.4 is 0 Å². The van der Waals surface area contributed by atoms with Gasteiger partial charge in [-0.25, -0.2) is 0 Å². The summed E-state index contributed by atoms with van der Waals surface area (Å²) in [5, 5.41) is 9.55. The lowest BCUT2D eigenvalue weighted by Crippen LogP contribution is -2.24. The standard InChI is InChI=1S/C12H13NO4S/c1-13-8-11(14)12(18(15,16)17)7-10(13)9-5-3-2-4-6-9/h2-8,10,14H,1H3,(H,15,16,17). The van der Waals surface area contributed by atoms with Crippen molar-refractivity contribution >= 4 is 10.1 Å². The van der Waals surface area contributed by atoms with Crippen molar-refractivity contribution < 1.29 is 18.1 Å². The van der Waals surface area contributed by atoms with E-state index < -0.39 is 20.8 Å². The van der Waals surface area contributed by atoms with Gasteiger partial charge in [-0.3, -0.25) is 4.55 Å². The molecule has 0 aromatic heterocycles. The third kappa shape index (κ3) is 2.39. The van der Waals surface area contributed by atoms with Gasteiger partial charge in [-0.1, -0.05) is 30.3 Å².